The molecule has 1 N–H and O–H groups in total. The summed E-state index contributed by atoms with van der Waals surface area (Å²) in [5.41, 5.74) is 2.73. The number of fused-ring (bicyclic) bond motifs is 1. The summed E-state index contributed by atoms with van der Waals surface area (Å²) >= 11 is 0. The third-order valence-electron chi connectivity index (χ3n) is 7.19. The number of hydrogen-bond acceptors (Lipinski definition) is 3. The van der Waals surface area contributed by atoms with Gasteiger partial charge in [-0.25, -0.2) is 4.39 Å². The molecule has 4 nitrogen and oxygen atoms in total. The average molecular weight is 475 g/mol. The van der Waals surface area contributed by atoms with Gasteiger partial charge in [0.15, 0.2) is 5.78 Å². The van der Waals surface area contributed by atoms with Gasteiger partial charge in [-0.3, -0.25) is 14.4 Å². The zero-order valence-corrected chi connectivity index (χ0v) is 19.8. The van der Waals surface area contributed by atoms with Crippen molar-refractivity contribution in [2.24, 2.45) is 5.92 Å². The summed E-state index contributed by atoms with van der Waals surface area (Å²) in [7, 11) is 0. The van der Waals surface area contributed by atoms with E-state index in [1.54, 1.807) is 24.3 Å². The Bertz CT molecular complexity index is 1210. The molecular weight excluding hydrogens is 443 g/mol. The van der Waals surface area contributed by atoms with Crippen LogP contribution in [0.5, 0.6) is 0 Å². The molecule has 0 bridgehead atoms. The molecule has 0 spiro atoms. The number of benzene rings is 3. The van der Waals surface area contributed by atoms with Gasteiger partial charge in [-0.15, -0.1) is 0 Å². The Labute approximate surface area is 205 Å². The number of hydrogen-bond donors (Lipinski definition) is 1. The molecule has 0 unspecified atom stereocenters. The van der Waals surface area contributed by atoms with Crippen molar-refractivity contribution >= 4 is 28.3 Å². The number of carboxylic acid groups (broad SMARTS) is 1. The molecular formula is C30H31FO4. The zero-order valence-electron chi connectivity index (χ0n) is 19.8. The Balaban J connectivity index is 1.24. The molecule has 3 aromatic carbocycles. The van der Waals surface area contributed by atoms with Gasteiger partial charge in [-0.05, 0) is 72.6 Å². The fourth-order valence-corrected chi connectivity index (χ4v) is 5.26. The van der Waals surface area contributed by atoms with Gasteiger partial charge in [-0.1, -0.05) is 48.5 Å². The average Bonchev–Trinajstić information content (AvgIpc) is 2.85. The van der Waals surface area contributed by atoms with Crippen molar-refractivity contribution in [2.45, 2.75) is 63.7 Å². The van der Waals surface area contributed by atoms with Crippen molar-refractivity contribution in [1.29, 1.82) is 0 Å². The second kappa shape index (κ2) is 11.4. The van der Waals surface area contributed by atoms with Gasteiger partial charge in [0.25, 0.3) is 0 Å². The quantitative estimate of drug-likeness (QED) is 0.325. The lowest BCUT2D eigenvalue weighted by Crippen LogP contribution is -2.16. The van der Waals surface area contributed by atoms with Crippen molar-refractivity contribution in [2.75, 3.05) is 0 Å². The molecule has 1 saturated carbocycles. The highest BCUT2D eigenvalue weighted by atomic mass is 19.1. The maximum absolute atomic E-state index is 14.0. The smallest absolute Gasteiger partial charge is 0.303 e. The maximum atomic E-state index is 14.0. The van der Waals surface area contributed by atoms with E-state index in [1.807, 2.05) is 12.1 Å². The second-order valence-corrected chi connectivity index (χ2v) is 9.69. The van der Waals surface area contributed by atoms with Crippen molar-refractivity contribution in [3.05, 3.63) is 83.2 Å². The van der Waals surface area contributed by atoms with Crippen molar-refractivity contribution in [3.63, 3.8) is 0 Å². The number of ketones is 2. The first-order valence-corrected chi connectivity index (χ1v) is 12.4. The summed E-state index contributed by atoms with van der Waals surface area (Å²) in [4.78, 5) is 36.1. The first-order valence-electron chi connectivity index (χ1n) is 12.4. The number of halogens is 1. The lowest BCUT2D eigenvalue weighted by molar-refractivity contribution is -0.138. The fraction of sp³-hybridized carbons (Fsp3) is 0.367. The van der Waals surface area contributed by atoms with E-state index >= 15 is 0 Å². The first kappa shape index (κ1) is 24.8. The molecule has 0 aliphatic heterocycles. The van der Waals surface area contributed by atoms with E-state index in [1.165, 1.54) is 17.7 Å². The van der Waals surface area contributed by atoms with Crippen LogP contribution in [0, 0.1) is 11.7 Å². The highest BCUT2D eigenvalue weighted by molar-refractivity contribution is 6.08. The third-order valence-corrected chi connectivity index (χ3v) is 7.19. The summed E-state index contributed by atoms with van der Waals surface area (Å²) in [6.45, 7) is 0. The maximum Gasteiger partial charge on any atom is 0.303 e. The van der Waals surface area contributed by atoms with Crippen LogP contribution in [0.25, 0.3) is 10.8 Å². The number of carboxylic acids is 1. The molecule has 0 aromatic heterocycles. The highest BCUT2D eigenvalue weighted by Gasteiger charge is 2.24. The summed E-state index contributed by atoms with van der Waals surface area (Å²) < 4.78 is 14.0. The topological polar surface area (TPSA) is 71.4 Å². The number of aliphatic carboxylic acids is 1. The lowest BCUT2D eigenvalue weighted by Gasteiger charge is -2.28. The largest absolute Gasteiger partial charge is 0.481 e. The van der Waals surface area contributed by atoms with E-state index in [4.69, 9.17) is 5.11 Å². The van der Waals surface area contributed by atoms with Crippen LogP contribution in [-0.4, -0.2) is 22.6 Å². The molecule has 5 heteroatoms. The normalized spacial score (nSPS) is 17.9. The van der Waals surface area contributed by atoms with Crippen LogP contribution in [0.2, 0.25) is 0 Å². The molecule has 0 amide bonds. The van der Waals surface area contributed by atoms with Crippen LogP contribution in [-0.2, 0) is 16.0 Å². The van der Waals surface area contributed by atoms with Gasteiger partial charge in [-0.2, -0.15) is 0 Å². The highest BCUT2D eigenvalue weighted by Crippen LogP contribution is 2.37. The van der Waals surface area contributed by atoms with Crippen molar-refractivity contribution in [3.8, 4) is 0 Å². The first-order chi connectivity index (χ1) is 16.9. The Hall–Kier alpha value is -3.34. The van der Waals surface area contributed by atoms with Crippen LogP contribution >= 0.6 is 0 Å². The number of carbonyl (C=O) groups is 3. The second-order valence-electron chi connectivity index (χ2n) is 9.69. The predicted molar refractivity (Wildman–Crippen MR) is 134 cm³/mol. The summed E-state index contributed by atoms with van der Waals surface area (Å²) in [5, 5.41) is 10.0. The monoisotopic (exact) mass is 474 g/mol. The van der Waals surface area contributed by atoms with Gasteiger partial charge in [0, 0.05) is 36.6 Å². The Kier molecular flexibility index (Phi) is 8.06. The van der Waals surface area contributed by atoms with Gasteiger partial charge in [0.1, 0.15) is 11.6 Å². The van der Waals surface area contributed by atoms with Gasteiger partial charge in [0.05, 0.1) is 0 Å². The van der Waals surface area contributed by atoms with Crippen LogP contribution < -0.4 is 0 Å². The number of carbonyl (C=O) groups excluding carboxylic acids is 2. The van der Waals surface area contributed by atoms with E-state index in [0.29, 0.717) is 41.5 Å². The standard InChI is InChI=1S/C30H31FO4/c31-28-17-16-27(25-5-1-2-6-26(25)28)29(33)7-3-4-24(32)18-20-8-12-22(13-9-20)23-14-10-21(11-15-23)19-30(34)35/h1-2,5-6,8-9,12-13,16-17,21,23H,3-4,7,10-11,14-15,18-19H2,(H,34,35). The molecule has 182 valence electrons. The zero-order chi connectivity index (χ0) is 24.8. The van der Waals surface area contributed by atoms with E-state index in [-0.39, 0.29) is 36.1 Å². The number of rotatable bonds is 10. The molecule has 1 aliphatic carbocycles. The molecule has 35 heavy (non-hydrogen) atoms. The SMILES string of the molecule is O=C(O)CC1CCC(c2ccc(CC(=O)CCCC(=O)c3ccc(F)c4ccccc34)cc2)CC1. The van der Waals surface area contributed by atoms with Crippen molar-refractivity contribution in [1.82, 2.24) is 0 Å². The van der Waals surface area contributed by atoms with E-state index in [9.17, 15) is 18.8 Å². The van der Waals surface area contributed by atoms with Crippen LogP contribution in [0.4, 0.5) is 4.39 Å². The molecule has 1 aliphatic rings. The third kappa shape index (κ3) is 6.41. The Morgan fingerprint density at radius 3 is 2.20 bits per heavy atom. The van der Waals surface area contributed by atoms with Crippen LogP contribution in [0.1, 0.15) is 78.8 Å². The van der Waals surface area contributed by atoms with Crippen molar-refractivity contribution < 1.29 is 23.9 Å². The van der Waals surface area contributed by atoms with Gasteiger partial charge in [0.2, 0.25) is 0 Å². The number of Topliss-reactive ketones (excluding diaryl/α,β-unsaturated/α-hetero) is 2. The molecule has 0 atom stereocenters. The Morgan fingerprint density at radius 1 is 0.829 bits per heavy atom. The predicted octanol–water partition coefficient (Wildman–Crippen LogP) is 6.89. The minimum atomic E-state index is -0.712. The molecule has 0 heterocycles. The minimum Gasteiger partial charge on any atom is -0.481 e. The van der Waals surface area contributed by atoms with Crippen LogP contribution in [0.3, 0.4) is 0 Å². The minimum absolute atomic E-state index is 0.0728. The summed E-state index contributed by atoms with van der Waals surface area (Å²) in [6, 6.07) is 18.0. The molecule has 1 fully saturated rings. The summed E-state index contributed by atoms with van der Waals surface area (Å²) in [6.07, 6.45) is 5.58. The van der Waals surface area contributed by atoms with E-state index in [2.05, 4.69) is 12.1 Å². The van der Waals surface area contributed by atoms with E-state index < -0.39 is 5.97 Å². The van der Waals surface area contributed by atoms with Gasteiger partial charge < -0.3 is 5.11 Å². The molecule has 4 rings (SSSR count). The Morgan fingerprint density at radius 2 is 1.51 bits per heavy atom. The fourth-order valence-electron chi connectivity index (χ4n) is 5.26. The van der Waals surface area contributed by atoms with Crippen LogP contribution in [0.15, 0.2) is 60.7 Å². The molecule has 0 saturated heterocycles. The summed E-state index contributed by atoms with van der Waals surface area (Å²) in [5.74, 6) is -0.284. The van der Waals surface area contributed by atoms with E-state index in [0.717, 1.165) is 31.2 Å². The molecule has 3 aromatic rings. The van der Waals surface area contributed by atoms with Gasteiger partial charge >= 0.3 is 5.97 Å². The lowest BCUT2D eigenvalue weighted by atomic mass is 9.77. The molecule has 0 radical (unpaired) electrons.